The van der Waals surface area contributed by atoms with Gasteiger partial charge in [0.2, 0.25) is 5.95 Å². The van der Waals surface area contributed by atoms with Crippen LogP contribution in [-0.2, 0) is 11.2 Å². The van der Waals surface area contributed by atoms with Crippen molar-refractivity contribution >= 4 is 5.95 Å². The van der Waals surface area contributed by atoms with Gasteiger partial charge in [-0.1, -0.05) is 6.92 Å². The summed E-state index contributed by atoms with van der Waals surface area (Å²) < 4.78 is 5.27. The first-order chi connectivity index (χ1) is 6.90. The number of aromatic nitrogens is 2. The van der Waals surface area contributed by atoms with E-state index in [0.29, 0.717) is 0 Å². The van der Waals surface area contributed by atoms with Crippen LogP contribution in [0.25, 0.3) is 0 Å². The Hall–Kier alpha value is -1.16. The lowest BCUT2D eigenvalue weighted by molar-refractivity contribution is 0.122. The predicted molar refractivity (Wildman–Crippen MR) is 54.4 cm³/mol. The number of hydrogen-bond donors (Lipinski definition) is 0. The van der Waals surface area contributed by atoms with E-state index in [4.69, 9.17) is 4.74 Å². The quantitative estimate of drug-likeness (QED) is 0.698. The molecular weight excluding hydrogens is 178 g/mol. The number of morpholine rings is 1. The minimum atomic E-state index is 0.777. The minimum absolute atomic E-state index is 0.777. The maximum atomic E-state index is 5.27. The zero-order valence-corrected chi connectivity index (χ0v) is 8.44. The maximum Gasteiger partial charge on any atom is 0.225 e. The summed E-state index contributed by atoms with van der Waals surface area (Å²) in [6.45, 7) is 5.45. The summed E-state index contributed by atoms with van der Waals surface area (Å²) in [5.41, 5.74) is 1.18. The fourth-order valence-corrected chi connectivity index (χ4v) is 1.46. The second-order valence-corrected chi connectivity index (χ2v) is 3.34. The van der Waals surface area contributed by atoms with Crippen LogP contribution in [0, 0.1) is 0 Å². The third-order valence-electron chi connectivity index (χ3n) is 2.39. The molecule has 2 heterocycles. The van der Waals surface area contributed by atoms with Crippen molar-refractivity contribution in [1.82, 2.24) is 9.97 Å². The molecule has 76 valence electrons. The van der Waals surface area contributed by atoms with Gasteiger partial charge >= 0.3 is 0 Å². The monoisotopic (exact) mass is 193 g/mol. The van der Waals surface area contributed by atoms with Gasteiger partial charge in [-0.15, -0.1) is 0 Å². The van der Waals surface area contributed by atoms with Gasteiger partial charge in [-0.25, -0.2) is 9.97 Å². The Morgan fingerprint density at radius 3 is 2.50 bits per heavy atom. The number of nitrogens with zero attached hydrogens (tertiary/aromatic N) is 3. The first kappa shape index (κ1) is 9.40. The first-order valence-corrected chi connectivity index (χ1v) is 5.04. The third kappa shape index (κ3) is 2.01. The van der Waals surface area contributed by atoms with Gasteiger partial charge in [0.15, 0.2) is 0 Å². The van der Waals surface area contributed by atoms with Crippen molar-refractivity contribution in [2.75, 3.05) is 31.2 Å². The fraction of sp³-hybridized carbons (Fsp3) is 0.600. The fourth-order valence-electron chi connectivity index (χ4n) is 1.46. The lowest BCUT2D eigenvalue weighted by Gasteiger charge is -2.26. The summed E-state index contributed by atoms with van der Waals surface area (Å²) in [4.78, 5) is 10.8. The third-order valence-corrected chi connectivity index (χ3v) is 2.39. The van der Waals surface area contributed by atoms with Crippen molar-refractivity contribution in [1.29, 1.82) is 0 Å². The second-order valence-electron chi connectivity index (χ2n) is 3.34. The largest absolute Gasteiger partial charge is 0.378 e. The molecule has 0 radical (unpaired) electrons. The van der Waals surface area contributed by atoms with Crippen molar-refractivity contribution in [3.8, 4) is 0 Å². The summed E-state index contributed by atoms with van der Waals surface area (Å²) in [6.07, 6.45) is 4.79. The van der Waals surface area contributed by atoms with Crippen molar-refractivity contribution in [2.24, 2.45) is 0 Å². The molecule has 1 fully saturated rings. The Labute approximate surface area is 83.9 Å². The Balaban J connectivity index is 2.07. The van der Waals surface area contributed by atoms with E-state index in [1.165, 1.54) is 5.56 Å². The molecule has 1 aliphatic heterocycles. The van der Waals surface area contributed by atoms with Crippen LogP contribution in [0.2, 0.25) is 0 Å². The van der Waals surface area contributed by atoms with Crippen molar-refractivity contribution in [3.63, 3.8) is 0 Å². The van der Waals surface area contributed by atoms with Crippen molar-refractivity contribution in [2.45, 2.75) is 13.3 Å². The molecule has 0 unspecified atom stereocenters. The molecule has 1 aromatic heterocycles. The molecule has 4 heteroatoms. The van der Waals surface area contributed by atoms with Crippen molar-refractivity contribution < 1.29 is 4.74 Å². The van der Waals surface area contributed by atoms with E-state index in [-0.39, 0.29) is 0 Å². The summed E-state index contributed by atoms with van der Waals surface area (Å²) >= 11 is 0. The minimum Gasteiger partial charge on any atom is -0.378 e. The lowest BCUT2D eigenvalue weighted by Crippen LogP contribution is -2.37. The summed E-state index contributed by atoms with van der Waals surface area (Å²) in [6, 6.07) is 0. The SMILES string of the molecule is CCc1cnc(N2CCOCC2)nc1. The van der Waals surface area contributed by atoms with Crippen LogP contribution in [0.3, 0.4) is 0 Å². The molecule has 1 saturated heterocycles. The van der Waals surface area contributed by atoms with Gasteiger partial charge in [0.05, 0.1) is 13.2 Å². The van der Waals surface area contributed by atoms with Gasteiger partial charge in [-0.3, -0.25) is 0 Å². The molecule has 4 nitrogen and oxygen atoms in total. The highest BCUT2D eigenvalue weighted by atomic mass is 16.5. The molecular formula is C10H15N3O. The van der Waals surface area contributed by atoms with Gasteiger partial charge in [-0.2, -0.15) is 0 Å². The Morgan fingerprint density at radius 1 is 1.29 bits per heavy atom. The zero-order chi connectivity index (χ0) is 9.80. The zero-order valence-electron chi connectivity index (χ0n) is 8.44. The topological polar surface area (TPSA) is 38.2 Å². The number of hydrogen-bond acceptors (Lipinski definition) is 4. The van der Waals surface area contributed by atoms with Crippen LogP contribution in [0.1, 0.15) is 12.5 Å². The smallest absolute Gasteiger partial charge is 0.225 e. The number of anilines is 1. The molecule has 1 aromatic rings. The van der Waals surface area contributed by atoms with Crippen LogP contribution in [0.15, 0.2) is 12.4 Å². The summed E-state index contributed by atoms with van der Waals surface area (Å²) in [7, 11) is 0. The molecule has 0 saturated carbocycles. The molecule has 0 amide bonds. The van der Waals surface area contributed by atoms with Gasteiger partial charge in [0.1, 0.15) is 0 Å². The Bertz CT molecular complexity index is 280. The summed E-state index contributed by atoms with van der Waals surface area (Å²) in [5.74, 6) is 0.825. The van der Waals surface area contributed by atoms with E-state index >= 15 is 0 Å². The molecule has 0 spiro atoms. The van der Waals surface area contributed by atoms with E-state index < -0.39 is 0 Å². The molecule has 14 heavy (non-hydrogen) atoms. The average Bonchev–Trinajstić information content (AvgIpc) is 2.30. The number of rotatable bonds is 2. The number of aryl methyl sites for hydroxylation is 1. The highest BCUT2D eigenvalue weighted by molar-refractivity contribution is 5.30. The molecule has 2 rings (SSSR count). The van der Waals surface area contributed by atoms with Crippen LogP contribution in [-0.4, -0.2) is 36.3 Å². The first-order valence-electron chi connectivity index (χ1n) is 5.04. The lowest BCUT2D eigenvalue weighted by atomic mass is 10.3. The molecule has 1 aliphatic rings. The normalized spacial score (nSPS) is 17.1. The summed E-state index contributed by atoms with van der Waals surface area (Å²) in [5, 5.41) is 0. The van der Waals surface area contributed by atoms with E-state index in [0.717, 1.165) is 38.7 Å². The van der Waals surface area contributed by atoms with E-state index in [9.17, 15) is 0 Å². The maximum absolute atomic E-state index is 5.27. The van der Waals surface area contributed by atoms with E-state index in [1.807, 2.05) is 12.4 Å². The average molecular weight is 193 g/mol. The van der Waals surface area contributed by atoms with Crippen molar-refractivity contribution in [3.05, 3.63) is 18.0 Å². The highest BCUT2D eigenvalue weighted by Gasteiger charge is 2.12. The van der Waals surface area contributed by atoms with Gasteiger partial charge in [-0.05, 0) is 12.0 Å². The van der Waals surface area contributed by atoms with E-state index in [1.54, 1.807) is 0 Å². The molecule has 0 bridgehead atoms. The molecule has 0 aromatic carbocycles. The van der Waals surface area contributed by atoms with Gasteiger partial charge in [0, 0.05) is 25.5 Å². The van der Waals surface area contributed by atoms with E-state index in [2.05, 4.69) is 21.8 Å². The predicted octanol–water partition coefficient (Wildman–Crippen LogP) is 0.876. The van der Waals surface area contributed by atoms with Gasteiger partial charge < -0.3 is 9.64 Å². The van der Waals surface area contributed by atoms with Crippen LogP contribution >= 0.6 is 0 Å². The van der Waals surface area contributed by atoms with Crippen LogP contribution in [0.4, 0.5) is 5.95 Å². The van der Waals surface area contributed by atoms with Crippen LogP contribution in [0.5, 0.6) is 0 Å². The van der Waals surface area contributed by atoms with Crippen LogP contribution < -0.4 is 4.90 Å². The molecule has 0 N–H and O–H groups in total. The van der Waals surface area contributed by atoms with Gasteiger partial charge in [0.25, 0.3) is 0 Å². The Kier molecular flexibility index (Phi) is 2.93. The Morgan fingerprint density at radius 2 is 1.93 bits per heavy atom. The second kappa shape index (κ2) is 4.37. The highest BCUT2D eigenvalue weighted by Crippen LogP contribution is 2.09. The number of ether oxygens (including phenoxy) is 1. The molecule has 0 atom stereocenters. The molecule has 0 aliphatic carbocycles. The standard InChI is InChI=1S/C10H15N3O/c1-2-9-7-11-10(12-8-9)13-3-5-14-6-4-13/h7-8H,2-6H2,1H3.